The third kappa shape index (κ3) is 12.3. The summed E-state index contributed by atoms with van der Waals surface area (Å²) in [5.41, 5.74) is 1.01. The van der Waals surface area contributed by atoms with Crippen LogP contribution in [0.5, 0.6) is 5.75 Å². The van der Waals surface area contributed by atoms with E-state index in [-0.39, 0.29) is 59.6 Å². The van der Waals surface area contributed by atoms with Crippen LogP contribution in [0.1, 0.15) is 5.56 Å². The molecule has 0 unspecified atom stereocenters. The summed E-state index contributed by atoms with van der Waals surface area (Å²) in [4.78, 5) is 40.8. The van der Waals surface area contributed by atoms with Crippen molar-refractivity contribution in [2.75, 3.05) is 79.1 Å². The summed E-state index contributed by atoms with van der Waals surface area (Å²) >= 11 is 0. The molecule has 0 spiro atoms. The van der Waals surface area contributed by atoms with E-state index in [0.29, 0.717) is 58.9 Å². The molecule has 1 aliphatic rings. The quantitative estimate of drug-likeness (QED) is 0.265. The molecule has 1 fully saturated rings. The van der Waals surface area contributed by atoms with E-state index in [1.807, 2.05) is 24.3 Å². The maximum absolute atomic E-state index is 11.2. The van der Waals surface area contributed by atoms with E-state index in [9.17, 15) is 29.7 Å². The Kier molecular flexibility index (Phi) is 14.7. The van der Waals surface area contributed by atoms with Gasteiger partial charge in [-0.25, -0.2) is 0 Å². The third-order valence-corrected chi connectivity index (χ3v) is 5.53. The Balaban J connectivity index is 0.00000578. The van der Waals surface area contributed by atoms with Gasteiger partial charge in [0.15, 0.2) is 0 Å². The van der Waals surface area contributed by atoms with Gasteiger partial charge in [-0.1, -0.05) is 12.1 Å². The van der Waals surface area contributed by atoms with Gasteiger partial charge in [0.25, 0.3) is 0 Å². The number of methoxy groups -OCH3 is 1. The van der Waals surface area contributed by atoms with Gasteiger partial charge in [0.2, 0.25) is 0 Å². The largest absolute Gasteiger partial charge is 3.00 e. The van der Waals surface area contributed by atoms with Gasteiger partial charge < -0.3 is 34.4 Å². The Morgan fingerprint density at radius 2 is 1.12 bits per heavy atom. The SMILES string of the molecule is COc1cccc(CN2CCN(CC(=O)[O-])CCN(CC(=O)[O-])CCN(CC(=O)[O-])CC2)c1.[Gd+3]. The number of hydrogen-bond donors (Lipinski definition) is 0. The Morgan fingerprint density at radius 3 is 1.47 bits per heavy atom. The van der Waals surface area contributed by atoms with Crippen LogP contribution in [0.15, 0.2) is 24.3 Å². The number of carbonyl (C=O) groups is 3. The Bertz CT molecular complexity index is 766. The van der Waals surface area contributed by atoms with Crippen molar-refractivity contribution in [3.8, 4) is 5.75 Å². The molecule has 1 saturated heterocycles. The zero-order valence-corrected chi connectivity index (χ0v) is 21.6. The van der Waals surface area contributed by atoms with Gasteiger partial charge >= 0.3 is 39.9 Å². The fraction of sp³-hybridized carbons (Fsp3) is 0.591. The molecular formula is C22H31GdN4O7. The molecule has 11 nitrogen and oxygen atoms in total. The second kappa shape index (κ2) is 16.3. The molecule has 1 aliphatic heterocycles. The minimum absolute atomic E-state index is 0. The molecule has 0 bridgehead atoms. The fourth-order valence-electron chi connectivity index (χ4n) is 3.79. The number of nitrogens with zero attached hydrogens (tertiary/aromatic N) is 4. The summed E-state index contributed by atoms with van der Waals surface area (Å²) in [6.07, 6.45) is 0. The van der Waals surface area contributed by atoms with Crippen LogP contribution in [-0.2, 0) is 20.9 Å². The van der Waals surface area contributed by atoms with Crippen molar-refractivity contribution in [1.29, 1.82) is 0 Å². The second-order valence-corrected chi connectivity index (χ2v) is 8.07. The van der Waals surface area contributed by atoms with Crippen LogP contribution in [0.2, 0.25) is 0 Å². The first-order chi connectivity index (χ1) is 15.7. The molecule has 1 heterocycles. The predicted octanol–water partition coefficient (Wildman–Crippen LogP) is -4.33. The molecule has 12 heteroatoms. The van der Waals surface area contributed by atoms with Crippen molar-refractivity contribution in [3.05, 3.63) is 29.8 Å². The first-order valence-electron chi connectivity index (χ1n) is 10.9. The monoisotopic (exact) mass is 621 g/mol. The van der Waals surface area contributed by atoms with Crippen LogP contribution in [-0.4, -0.2) is 117 Å². The molecule has 2 rings (SSSR count). The van der Waals surface area contributed by atoms with Gasteiger partial charge in [0.1, 0.15) is 5.75 Å². The maximum atomic E-state index is 11.2. The Hall–Kier alpha value is -1.41. The first kappa shape index (κ1) is 30.6. The van der Waals surface area contributed by atoms with Gasteiger partial charge in [0, 0.05) is 78.5 Å². The molecule has 0 N–H and O–H groups in total. The van der Waals surface area contributed by atoms with Gasteiger partial charge in [-0.3, -0.25) is 19.6 Å². The van der Waals surface area contributed by atoms with Crippen molar-refractivity contribution in [2.45, 2.75) is 6.54 Å². The smallest absolute Gasteiger partial charge is 0.549 e. The van der Waals surface area contributed by atoms with Crippen LogP contribution in [0.3, 0.4) is 0 Å². The van der Waals surface area contributed by atoms with Gasteiger partial charge in [-0.05, 0) is 17.7 Å². The average molecular weight is 621 g/mol. The second-order valence-electron chi connectivity index (χ2n) is 8.07. The summed E-state index contributed by atoms with van der Waals surface area (Å²) in [6.45, 7) is 2.91. The number of carboxylic acid groups (broad SMARTS) is 3. The minimum atomic E-state index is -1.25. The normalized spacial score (nSPS) is 17.7. The van der Waals surface area contributed by atoms with E-state index in [0.717, 1.165) is 11.3 Å². The molecule has 189 valence electrons. The fourth-order valence-corrected chi connectivity index (χ4v) is 3.79. The summed E-state index contributed by atoms with van der Waals surface area (Å²) < 4.78 is 5.28. The van der Waals surface area contributed by atoms with Crippen LogP contribution in [0.4, 0.5) is 0 Å². The molecule has 34 heavy (non-hydrogen) atoms. The number of ether oxygens (including phenoxy) is 1. The van der Waals surface area contributed by atoms with Gasteiger partial charge in [0.05, 0.1) is 25.0 Å². The number of benzene rings is 1. The van der Waals surface area contributed by atoms with E-state index >= 15 is 0 Å². The van der Waals surface area contributed by atoms with Crippen molar-refractivity contribution in [3.63, 3.8) is 0 Å². The number of hydrogen-bond acceptors (Lipinski definition) is 11. The molecule has 1 aromatic carbocycles. The summed E-state index contributed by atoms with van der Waals surface area (Å²) in [5, 5.41) is 33.6. The van der Waals surface area contributed by atoms with E-state index in [4.69, 9.17) is 4.74 Å². The van der Waals surface area contributed by atoms with Crippen LogP contribution >= 0.6 is 0 Å². The Morgan fingerprint density at radius 1 is 0.735 bits per heavy atom. The molecule has 1 aromatic rings. The predicted molar refractivity (Wildman–Crippen MR) is 113 cm³/mol. The molecule has 0 aromatic heterocycles. The summed E-state index contributed by atoms with van der Waals surface area (Å²) in [7, 11) is 1.59. The molecule has 1 radical (unpaired) electrons. The minimum Gasteiger partial charge on any atom is -0.549 e. The number of aliphatic carboxylic acids is 3. The first-order valence-corrected chi connectivity index (χ1v) is 10.9. The zero-order chi connectivity index (χ0) is 24.2. The van der Waals surface area contributed by atoms with Gasteiger partial charge in [-0.15, -0.1) is 0 Å². The van der Waals surface area contributed by atoms with Gasteiger partial charge in [-0.2, -0.15) is 0 Å². The zero-order valence-electron chi connectivity index (χ0n) is 19.3. The third-order valence-electron chi connectivity index (χ3n) is 5.53. The van der Waals surface area contributed by atoms with Crippen LogP contribution in [0, 0.1) is 39.9 Å². The van der Waals surface area contributed by atoms with Crippen molar-refractivity contribution in [1.82, 2.24) is 19.6 Å². The molecule has 0 aliphatic carbocycles. The van der Waals surface area contributed by atoms with E-state index in [1.54, 1.807) is 21.8 Å². The molecular weight excluding hydrogens is 590 g/mol. The van der Waals surface area contributed by atoms with Crippen molar-refractivity contribution in [2.24, 2.45) is 0 Å². The number of carbonyl (C=O) groups excluding carboxylic acids is 3. The Labute approximate surface area is 231 Å². The van der Waals surface area contributed by atoms with E-state index in [2.05, 4.69) is 4.90 Å². The van der Waals surface area contributed by atoms with Crippen LogP contribution < -0.4 is 20.1 Å². The van der Waals surface area contributed by atoms with Crippen LogP contribution in [0.25, 0.3) is 0 Å². The number of rotatable bonds is 9. The summed E-state index contributed by atoms with van der Waals surface area (Å²) in [5.74, 6) is -2.92. The van der Waals surface area contributed by atoms with E-state index < -0.39 is 17.9 Å². The van der Waals surface area contributed by atoms with Crippen molar-refractivity contribution >= 4 is 17.9 Å². The van der Waals surface area contributed by atoms with Crippen molar-refractivity contribution < 1.29 is 74.4 Å². The molecule has 0 atom stereocenters. The maximum Gasteiger partial charge on any atom is 3.00 e. The standard InChI is InChI=1S/C22H34N4O7.Gd/c1-33-19-4-2-3-18(13-19)14-23-5-7-24(15-20(27)28)9-11-26(17-22(31)32)12-10-25(8-6-23)16-21(29)30;/h2-4,13H,5-12,14-17H2,1H3,(H,27,28)(H,29,30)(H,31,32);/q;+3/p-3. The average Bonchev–Trinajstić information content (AvgIpc) is 2.74. The topological polar surface area (TPSA) is 143 Å². The number of carboxylic acids is 3. The molecule has 0 saturated carbocycles. The summed E-state index contributed by atoms with van der Waals surface area (Å²) in [6, 6.07) is 7.63. The molecule has 0 amide bonds. The van der Waals surface area contributed by atoms with E-state index in [1.165, 1.54) is 0 Å².